The van der Waals surface area contributed by atoms with Crippen molar-refractivity contribution in [3.05, 3.63) is 60.7 Å². The first kappa shape index (κ1) is 27.6. The highest BCUT2D eigenvalue weighted by Crippen LogP contribution is 2.37. The van der Waals surface area contributed by atoms with Crippen molar-refractivity contribution in [2.45, 2.75) is 83.3 Å². The zero-order chi connectivity index (χ0) is 24.8. The van der Waals surface area contributed by atoms with Crippen LogP contribution in [0.3, 0.4) is 0 Å². The van der Waals surface area contributed by atoms with Gasteiger partial charge < -0.3 is 14.6 Å². The lowest BCUT2D eigenvalue weighted by molar-refractivity contribution is -0.0753. The molecule has 0 fully saturated rings. The summed E-state index contributed by atoms with van der Waals surface area (Å²) in [6.07, 6.45) is 0.581. The van der Waals surface area contributed by atoms with Crippen LogP contribution in [0.1, 0.15) is 47.0 Å². The van der Waals surface area contributed by atoms with E-state index in [-0.39, 0.29) is 5.04 Å². The molecule has 0 aromatic heterocycles. The normalized spacial score (nSPS) is 15.3. The molecule has 2 rings (SSSR count). The van der Waals surface area contributed by atoms with E-state index in [2.05, 4.69) is 100 Å². The minimum Gasteiger partial charge on any atom is -0.407 e. The molecular weight excluding hydrogens is 440 g/mol. The number of hydrogen-bond donors (Lipinski definition) is 2. The van der Waals surface area contributed by atoms with Gasteiger partial charge in [-0.3, -0.25) is 0 Å². The van der Waals surface area contributed by atoms with Gasteiger partial charge in [-0.05, 0) is 28.8 Å². The van der Waals surface area contributed by atoms with Gasteiger partial charge in [0.1, 0.15) is 8.07 Å². The second kappa shape index (κ2) is 11.2. The van der Waals surface area contributed by atoms with Gasteiger partial charge >= 0.3 is 0 Å². The summed E-state index contributed by atoms with van der Waals surface area (Å²) >= 11 is 0. The molecule has 5 heteroatoms. The monoisotopic (exact) mass is 482 g/mol. The zero-order valence-corrected chi connectivity index (χ0v) is 23.5. The standard InChI is InChI=1S/C28H42O3Si2/c1-27(2,3)33(24-16-10-8-11-17-24,25-18-12-9-13-19-25)31-22-21-28(4,30)26(29)20-14-15-23-32(5,6)7/h8-13,16-19,26,29-30H,14,20-22H2,1-7H3/t26-,28-/m1/s1. The van der Waals surface area contributed by atoms with Gasteiger partial charge in [0.2, 0.25) is 0 Å². The Morgan fingerprint density at radius 1 is 0.879 bits per heavy atom. The third kappa shape index (κ3) is 7.40. The molecule has 0 aliphatic heterocycles. The molecule has 2 aromatic rings. The molecule has 0 heterocycles. The summed E-state index contributed by atoms with van der Waals surface area (Å²) in [6, 6.07) is 21.0. The van der Waals surface area contributed by atoms with E-state index in [1.54, 1.807) is 6.92 Å². The molecule has 2 atom stereocenters. The van der Waals surface area contributed by atoms with E-state index in [1.165, 1.54) is 10.4 Å². The van der Waals surface area contributed by atoms with Crippen LogP contribution in [0.25, 0.3) is 0 Å². The Kier molecular flexibility index (Phi) is 9.32. The summed E-state index contributed by atoms with van der Waals surface area (Å²) in [7, 11) is -4.07. The molecule has 0 unspecified atom stereocenters. The maximum absolute atomic E-state index is 11.0. The van der Waals surface area contributed by atoms with Crippen molar-refractivity contribution in [3.8, 4) is 11.5 Å². The highest BCUT2D eigenvalue weighted by molar-refractivity contribution is 6.99. The van der Waals surface area contributed by atoms with Crippen LogP contribution in [0.15, 0.2) is 60.7 Å². The second-order valence-corrected chi connectivity index (χ2v) is 20.3. The molecule has 0 amide bonds. The Labute approximate surface area is 203 Å². The van der Waals surface area contributed by atoms with E-state index in [0.29, 0.717) is 25.9 Å². The fraction of sp³-hybridized carbons (Fsp3) is 0.500. The van der Waals surface area contributed by atoms with E-state index in [4.69, 9.17) is 4.43 Å². The molecule has 180 valence electrons. The Morgan fingerprint density at radius 2 is 1.36 bits per heavy atom. The third-order valence-corrected chi connectivity index (χ3v) is 12.0. The molecule has 0 bridgehead atoms. The van der Waals surface area contributed by atoms with Gasteiger partial charge in [-0.15, -0.1) is 11.5 Å². The molecule has 0 aliphatic carbocycles. The minimum absolute atomic E-state index is 0.118. The van der Waals surface area contributed by atoms with E-state index >= 15 is 0 Å². The van der Waals surface area contributed by atoms with Crippen molar-refractivity contribution >= 4 is 26.8 Å². The molecule has 0 spiro atoms. The molecule has 0 saturated heterocycles. The van der Waals surface area contributed by atoms with Gasteiger partial charge in [-0.1, -0.05) is 101 Å². The summed E-state index contributed by atoms with van der Waals surface area (Å²) in [5.41, 5.74) is 2.09. The summed E-state index contributed by atoms with van der Waals surface area (Å²) in [5, 5.41) is 24.0. The quantitative estimate of drug-likeness (QED) is 0.401. The van der Waals surface area contributed by atoms with Gasteiger partial charge in [0.05, 0.1) is 11.7 Å². The van der Waals surface area contributed by atoms with Crippen LogP contribution in [-0.4, -0.2) is 44.9 Å². The number of rotatable bonds is 9. The average molecular weight is 483 g/mol. The average Bonchev–Trinajstić information content (AvgIpc) is 2.74. The molecular formula is C28H42O3Si2. The van der Waals surface area contributed by atoms with E-state index in [0.717, 1.165) is 0 Å². The van der Waals surface area contributed by atoms with Crippen molar-refractivity contribution in [1.82, 2.24) is 0 Å². The molecule has 2 N–H and O–H groups in total. The van der Waals surface area contributed by atoms with Gasteiger partial charge in [0, 0.05) is 19.4 Å². The first-order chi connectivity index (χ1) is 15.3. The predicted octanol–water partition coefficient (Wildman–Crippen LogP) is 4.73. The van der Waals surface area contributed by atoms with Gasteiger partial charge in [-0.2, -0.15) is 0 Å². The van der Waals surface area contributed by atoms with Crippen LogP contribution in [0, 0.1) is 11.5 Å². The number of benzene rings is 2. The first-order valence-electron chi connectivity index (χ1n) is 12.0. The van der Waals surface area contributed by atoms with Crippen LogP contribution in [0.4, 0.5) is 0 Å². The molecule has 0 aliphatic rings. The van der Waals surface area contributed by atoms with Crippen molar-refractivity contribution < 1.29 is 14.6 Å². The SMILES string of the molecule is CC(C)(C)[Si](OCC[C@@](C)(O)[C@H](O)CCC#C[Si](C)(C)C)(c1ccccc1)c1ccccc1. The van der Waals surface area contributed by atoms with Crippen LogP contribution in [-0.2, 0) is 4.43 Å². The fourth-order valence-corrected chi connectivity index (χ4v) is 9.41. The highest BCUT2D eigenvalue weighted by atomic mass is 28.4. The largest absolute Gasteiger partial charge is 0.407 e. The van der Waals surface area contributed by atoms with Gasteiger partial charge in [-0.25, -0.2) is 0 Å². The molecule has 2 aromatic carbocycles. The topological polar surface area (TPSA) is 49.7 Å². The lowest BCUT2D eigenvalue weighted by Gasteiger charge is -2.43. The van der Waals surface area contributed by atoms with Crippen LogP contribution in [0.5, 0.6) is 0 Å². The van der Waals surface area contributed by atoms with E-state index < -0.39 is 28.1 Å². The maximum atomic E-state index is 11.0. The Balaban J connectivity index is 2.22. The summed E-state index contributed by atoms with van der Waals surface area (Å²) in [4.78, 5) is 0. The number of hydrogen-bond acceptors (Lipinski definition) is 3. The molecule has 0 saturated carbocycles. The van der Waals surface area contributed by atoms with Crippen LogP contribution < -0.4 is 10.4 Å². The van der Waals surface area contributed by atoms with Gasteiger partial charge in [0.25, 0.3) is 8.32 Å². The fourth-order valence-electron chi connectivity index (χ4n) is 4.19. The summed E-state index contributed by atoms with van der Waals surface area (Å²) in [5.74, 6) is 3.19. The van der Waals surface area contributed by atoms with Crippen molar-refractivity contribution in [1.29, 1.82) is 0 Å². The molecule has 0 radical (unpaired) electrons. The third-order valence-electron chi connectivity index (χ3n) is 6.07. The second-order valence-electron chi connectivity index (χ2n) is 11.2. The van der Waals surface area contributed by atoms with E-state index in [1.807, 2.05) is 12.1 Å². The Morgan fingerprint density at radius 3 is 1.79 bits per heavy atom. The smallest absolute Gasteiger partial charge is 0.261 e. The van der Waals surface area contributed by atoms with Crippen LogP contribution in [0.2, 0.25) is 24.7 Å². The molecule has 33 heavy (non-hydrogen) atoms. The van der Waals surface area contributed by atoms with Crippen molar-refractivity contribution in [2.24, 2.45) is 0 Å². The first-order valence-corrected chi connectivity index (χ1v) is 17.4. The van der Waals surface area contributed by atoms with Crippen molar-refractivity contribution in [2.75, 3.05) is 6.61 Å². The number of aliphatic hydroxyl groups is 2. The van der Waals surface area contributed by atoms with Crippen molar-refractivity contribution in [3.63, 3.8) is 0 Å². The Bertz CT molecular complexity index is 877. The summed E-state index contributed by atoms with van der Waals surface area (Å²) in [6.45, 7) is 15.4. The highest BCUT2D eigenvalue weighted by Gasteiger charge is 2.50. The van der Waals surface area contributed by atoms with Gasteiger partial charge in [0.15, 0.2) is 0 Å². The Hall–Kier alpha value is -1.69. The predicted molar refractivity (Wildman–Crippen MR) is 145 cm³/mol. The van der Waals surface area contributed by atoms with Crippen LogP contribution >= 0.6 is 0 Å². The lowest BCUT2D eigenvalue weighted by atomic mass is 9.92. The van der Waals surface area contributed by atoms with E-state index in [9.17, 15) is 10.2 Å². The lowest BCUT2D eigenvalue weighted by Crippen LogP contribution is -2.66. The molecule has 3 nitrogen and oxygen atoms in total. The maximum Gasteiger partial charge on any atom is 0.261 e. The number of aliphatic hydroxyl groups excluding tert-OH is 1. The summed E-state index contributed by atoms with van der Waals surface area (Å²) < 4.78 is 6.87. The minimum atomic E-state index is -2.65. The zero-order valence-electron chi connectivity index (χ0n) is 21.5.